The zero-order valence-corrected chi connectivity index (χ0v) is 15.3. The van der Waals surface area contributed by atoms with E-state index in [1.807, 2.05) is 0 Å². The predicted octanol–water partition coefficient (Wildman–Crippen LogP) is 5.75. The summed E-state index contributed by atoms with van der Waals surface area (Å²) in [6.45, 7) is 2.17. The Morgan fingerprint density at radius 1 is 1.15 bits per heavy atom. The summed E-state index contributed by atoms with van der Waals surface area (Å²) < 4.78 is 0. The Balaban J connectivity index is 0.000000452. The van der Waals surface area contributed by atoms with Crippen LogP contribution in [-0.2, 0) is 33.7 Å². The van der Waals surface area contributed by atoms with E-state index in [9.17, 15) is 0 Å². The Bertz CT molecular complexity index is 638. The fraction of sp³-hybridized carbons (Fsp3) is 0.176. The van der Waals surface area contributed by atoms with Crippen molar-refractivity contribution in [3.05, 3.63) is 71.3 Å². The van der Waals surface area contributed by atoms with Gasteiger partial charge in [-0.2, -0.15) is 23.8 Å². The van der Waals surface area contributed by atoms with E-state index in [4.69, 9.17) is 17.0 Å². The summed E-state index contributed by atoms with van der Waals surface area (Å²) in [5, 5.41) is 2.80. The van der Waals surface area contributed by atoms with Gasteiger partial charge in [0.25, 0.3) is 0 Å². The molecule has 3 aromatic carbocycles. The number of hydrogen-bond donors (Lipinski definition) is 0. The summed E-state index contributed by atoms with van der Waals surface area (Å²) in [7, 11) is 9.87. The molecule has 0 spiro atoms. The molecule has 0 atom stereocenters. The molecular weight excluding hydrogens is 366 g/mol. The summed E-state index contributed by atoms with van der Waals surface area (Å²) in [5.41, 5.74) is 4.27. The van der Waals surface area contributed by atoms with Crippen molar-refractivity contribution in [1.82, 2.24) is 0 Å². The molecule has 0 amide bonds. The molecule has 0 heterocycles. The van der Waals surface area contributed by atoms with Crippen LogP contribution in [0.3, 0.4) is 0 Å². The van der Waals surface area contributed by atoms with Crippen molar-refractivity contribution in [3.63, 3.8) is 0 Å². The molecule has 0 radical (unpaired) electrons. The molecule has 0 aromatic heterocycles. The van der Waals surface area contributed by atoms with Gasteiger partial charge >= 0.3 is 37.9 Å². The number of aryl methyl sites for hydroxylation is 3. The first-order valence-corrected chi connectivity index (χ1v) is 12.9. The third kappa shape index (κ3) is 4.32. The van der Waals surface area contributed by atoms with Gasteiger partial charge in [0.15, 0.2) is 0 Å². The second-order valence-corrected chi connectivity index (χ2v) is 8.55. The molecule has 0 fully saturated rings. The van der Waals surface area contributed by atoms with Gasteiger partial charge in [-0.1, -0.05) is 25.8 Å². The van der Waals surface area contributed by atoms with E-state index >= 15 is 0 Å². The topological polar surface area (TPSA) is 0 Å². The van der Waals surface area contributed by atoms with Gasteiger partial charge in [0, 0.05) is 0 Å². The van der Waals surface area contributed by atoms with E-state index in [1.165, 1.54) is 27.5 Å². The molecule has 0 bridgehead atoms. The molecule has 0 N–H and O–H groups in total. The monoisotopic (exact) mass is 380 g/mol. The van der Waals surface area contributed by atoms with Crippen molar-refractivity contribution in [2.24, 2.45) is 0 Å². The molecule has 102 valence electrons. The average molecular weight is 382 g/mol. The molecule has 3 aromatic rings. The van der Waals surface area contributed by atoms with Crippen LogP contribution in [0.25, 0.3) is 10.8 Å². The molecule has 0 aliphatic heterocycles. The van der Waals surface area contributed by atoms with Crippen molar-refractivity contribution in [2.45, 2.75) is 19.8 Å². The Morgan fingerprint density at radius 3 is 2.55 bits per heavy atom. The Labute approximate surface area is 139 Å². The van der Waals surface area contributed by atoms with Crippen LogP contribution < -0.4 is 0 Å². The summed E-state index contributed by atoms with van der Waals surface area (Å²) in [5.74, 6) is 0. The number of benzene rings is 1. The van der Waals surface area contributed by atoms with E-state index in [2.05, 4.69) is 61.5 Å². The van der Waals surface area contributed by atoms with E-state index in [0.29, 0.717) is 0 Å². The van der Waals surface area contributed by atoms with Crippen molar-refractivity contribution in [1.29, 1.82) is 0 Å². The van der Waals surface area contributed by atoms with Crippen LogP contribution in [0.15, 0.2) is 54.6 Å². The fourth-order valence-electron chi connectivity index (χ4n) is 2.53. The van der Waals surface area contributed by atoms with Crippen LogP contribution in [0.1, 0.15) is 16.7 Å². The minimum absolute atomic E-state index is 0.826. The number of hydrogen-bond acceptors (Lipinski definition) is 0. The van der Waals surface area contributed by atoms with E-state index < -0.39 is 20.8 Å². The molecule has 0 saturated carbocycles. The second kappa shape index (κ2) is 8.18. The number of halogens is 2. The Hall–Kier alpha value is -0.357. The Kier molecular flexibility index (Phi) is 6.55. The normalized spacial score (nSPS) is 9.95. The van der Waals surface area contributed by atoms with Gasteiger partial charge in [-0.3, -0.25) is 0 Å². The standard InChI is InChI=1S/C17H16.2ClH.Zr/c1-13-11-16-8-4-7-15(17(16)12-13)10-9-14-5-2-3-6-14;;;/h2-8,11-12H,9-10H2,1H3;2*1H;/q-2;;;+4/p-2. The third-order valence-electron chi connectivity index (χ3n) is 3.40. The van der Waals surface area contributed by atoms with Crippen LogP contribution in [0.4, 0.5) is 0 Å². The van der Waals surface area contributed by atoms with Crippen molar-refractivity contribution >= 4 is 27.8 Å². The maximum atomic E-state index is 4.93. The van der Waals surface area contributed by atoms with Gasteiger partial charge in [0.05, 0.1) is 0 Å². The van der Waals surface area contributed by atoms with E-state index in [-0.39, 0.29) is 0 Å². The summed E-state index contributed by atoms with van der Waals surface area (Å²) >= 11 is -0.826. The van der Waals surface area contributed by atoms with Gasteiger partial charge in [0.2, 0.25) is 0 Å². The SMILES string of the molecule is Cc1cc2cccc(CC[c-]3cccc3)c2[cH-]1.[Cl][Zr+2][Cl]. The van der Waals surface area contributed by atoms with Gasteiger partial charge in [-0.15, -0.1) is 40.1 Å². The van der Waals surface area contributed by atoms with Crippen LogP contribution in [-0.4, -0.2) is 0 Å². The van der Waals surface area contributed by atoms with Crippen LogP contribution >= 0.6 is 17.0 Å². The van der Waals surface area contributed by atoms with Crippen molar-refractivity contribution in [3.8, 4) is 0 Å². The first-order valence-electron chi connectivity index (χ1n) is 6.56. The molecule has 3 heteroatoms. The number of rotatable bonds is 3. The maximum absolute atomic E-state index is 4.93. The molecule has 20 heavy (non-hydrogen) atoms. The fourth-order valence-corrected chi connectivity index (χ4v) is 2.53. The number of fused-ring (bicyclic) bond motifs is 1. The Morgan fingerprint density at radius 2 is 1.85 bits per heavy atom. The van der Waals surface area contributed by atoms with Crippen molar-refractivity contribution < 1.29 is 20.8 Å². The zero-order chi connectivity index (χ0) is 14.4. The third-order valence-corrected chi connectivity index (χ3v) is 3.40. The zero-order valence-electron chi connectivity index (χ0n) is 11.4. The molecule has 3 rings (SSSR count). The van der Waals surface area contributed by atoms with Crippen molar-refractivity contribution in [2.75, 3.05) is 0 Å². The minimum atomic E-state index is -0.826. The van der Waals surface area contributed by atoms with Crippen LogP contribution in [0.2, 0.25) is 0 Å². The van der Waals surface area contributed by atoms with Gasteiger partial charge in [-0.25, -0.2) is 12.1 Å². The first kappa shape index (κ1) is 16.0. The second-order valence-electron chi connectivity index (χ2n) is 4.82. The molecule has 0 aliphatic carbocycles. The summed E-state index contributed by atoms with van der Waals surface area (Å²) in [4.78, 5) is 0. The van der Waals surface area contributed by atoms with Crippen LogP contribution in [0.5, 0.6) is 0 Å². The molecular formula is C17H16Cl2Zr. The van der Waals surface area contributed by atoms with Gasteiger partial charge in [-0.05, 0) is 0 Å². The quantitative estimate of drug-likeness (QED) is 0.506. The van der Waals surface area contributed by atoms with E-state index in [1.54, 1.807) is 0 Å². The van der Waals surface area contributed by atoms with E-state index in [0.717, 1.165) is 12.8 Å². The molecule has 0 unspecified atom stereocenters. The van der Waals surface area contributed by atoms with Gasteiger partial charge < -0.3 is 0 Å². The molecule has 0 nitrogen and oxygen atoms in total. The van der Waals surface area contributed by atoms with Gasteiger partial charge in [0.1, 0.15) is 0 Å². The average Bonchev–Trinajstić information content (AvgIpc) is 3.05. The first-order chi connectivity index (χ1) is 9.74. The van der Waals surface area contributed by atoms with Crippen LogP contribution in [0, 0.1) is 6.92 Å². The molecule has 0 aliphatic rings. The summed E-state index contributed by atoms with van der Waals surface area (Å²) in [6, 6.07) is 19.8. The summed E-state index contributed by atoms with van der Waals surface area (Å²) in [6.07, 6.45) is 2.27. The molecule has 0 saturated heterocycles. The predicted molar refractivity (Wildman–Crippen MR) is 85.4 cm³/mol.